The minimum Gasteiger partial charge on any atom is -0.497 e. The zero-order valence-electron chi connectivity index (χ0n) is 15.1. The number of rotatable bonds is 7. The molecule has 2 heterocycles. The predicted molar refractivity (Wildman–Crippen MR) is 100 cm³/mol. The van der Waals surface area contributed by atoms with Gasteiger partial charge in [-0.2, -0.15) is 5.10 Å². The Hall–Kier alpha value is -3.22. The van der Waals surface area contributed by atoms with Crippen molar-refractivity contribution in [3.05, 3.63) is 60.2 Å². The average molecular weight is 363 g/mol. The maximum absolute atomic E-state index is 12.7. The summed E-state index contributed by atoms with van der Waals surface area (Å²) < 4.78 is 5.19. The van der Waals surface area contributed by atoms with E-state index in [-0.39, 0.29) is 5.91 Å². The first-order valence-corrected chi connectivity index (χ1v) is 8.96. The van der Waals surface area contributed by atoms with Crippen LogP contribution in [0.1, 0.15) is 24.2 Å². The monoisotopic (exact) mass is 363 g/mol. The van der Waals surface area contributed by atoms with Gasteiger partial charge in [0.25, 0.3) is 0 Å². The molecular weight excluding hydrogens is 342 g/mol. The van der Waals surface area contributed by atoms with Crippen molar-refractivity contribution in [2.24, 2.45) is 0 Å². The van der Waals surface area contributed by atoms with Gasteiger partial charge in [-0.3, -0.25) is 14.9 Å². The third-order valence-corrected chi connectivity index (χ3v) is 4.93. The number of hydrogen-bond acceptors (Lipinski definition) is 5. The zero-order valence-corrected chi connectivity index (χ0v) is 15.1. The first-order valence-electron chi connectivity index (χ1n) is 8.96. The second-order valence-corrected chi connectivity index (χ2v) is 6.66. The normalized spacial score (nSPS) is 14.6. The van der Waals surface area contributed by atoms with Crippen LogP contribution in [-0.2, 0) is 16.6 Å². The first kappa shape index (κ1) is 17.2. The summed E-state index contributed by atoms with van der Waals surface area (Å²) >= 11 is 0. The van der Waals surface area contributed by atoms with E-state index < -0.39 is 5.41 Å². The topological polar surface area (TPSA) is 92.8 Å². The van der Waals surface area contributed by atoms with E-state index >= 15 is 0 Å². The molecule has 3 aromatic rings. The minimum absolute atomic E-state index is 0.0691. The number of aromatic nitrogens is 4. The number of aromatic amines is 1. The molecule has 1 aromatic carbocycles. The van der Waals surface area contributed by atoms with Crippen LogP contribution in [0.15, 0.2) is 48.8 Å². The second-order valence-electron chi connectivity index (χ2n) is 6.66. The molecule has 1 saturated carbocycles. The van der Waals surface area contributed by atoms with Gasteiger partial charge in [0.1, 0.15) is 11.6 Å². The lowest BCUT2D eigenvalue weighted by Crippen LogP contribution is -2.36. The lowest BCUT2D eigenvalue weighted by atomic mass is 9.95. The molecule has 0 unspecified atom stereocenters. The summed E-state index contributed by atoms with van der Waals surface area (Å²) in [6.45, 7) is 0.512. The number of H-pyrrole nitrogens is 1. The number of methoxy groups -OCH3 is 1. The van der Waals surface area contributed by atoms with Crippen LogP contribution in [0, 0.1) is 0 Å². The molecule has 0 saturated heterocycles. The number of benzene rings is 1. The van der Waals surface area contributed by atoms with Crippen molar-refractivity contribution in [2.45, 2.75) is 24.7 Å². The van der Waals surface area contributed by atoms with E-state index in [9.17, 15) is 4.79 Å². The lowest BCUT2D eigenvalue weighted by Gasteiger charge is -2.16. The van der Waals surface area contributed by atoms with E-state index in [1.54, 1.807) is 19.5 Å². The number of nitrogens with zero attached hydrogens (tertiary/aromatic N) is 3. The first-order chi connectivity index (χ1) is 13.2. The fourth-order valence-corrected chi connectivity index (χ4v) is 3.18. The molecule has 0 bridgehead atoms. The molecule has 1 aliphatic rings. The van der Waals surface area contributed by atoms with Gasteiger partial charge in [0.05, 0.1) is 12.5 Å². The summed E-state index contributed by atoms with van der Waals surface area (Å²) in [5, 5.41) is 10.2. The van der Waals surface area contributed by atoms with Gasteiger partial charge in [-0.1, -0.05) is 12.1 Å². The summed E-state index contributed by atoms with van der Waals surface area (Å²) in [6.07, 6.45) is 5.78. The molecule has 1 fully saturated rings. The van der Waals surface area contributed by atoms with Crippen molar-refractivity contribution in [2.75, 3.05) is 13.7 Å². The molecular formula is C20H21N5O2. The fraction of sp³-hybridized carbons (Fsp3) is 0.300. The number of amides is 1. The molecule has 0 spiro atoms. The summed E-state index contributed by atoms with van der Waals surface area (Å²) in [4.78, 5) is 21.2. The van der Waals surface area contributed by atoms with Gasteiger partial charge in [-0.15, -0.1) is 0 Å². The summed E-state index contributed by atoms with van der Waals surface area (Å²) in [7, 11) is 1.64. The van der Waals surface area contributed by atoms with Crippen molar-refractivity contribution >= 4 is 5.91 Å². The SMILES string of the molecule is COc1ccc(C2(C(=O)NCCc3nc(-c4cccnc4)n[nH]3)CC2)cc1. The Morgan fingerprint density at radius 1 is 1.26 bits per heavy atom. The Bertz CT molecular complexity index is 917. The highest BCUT2D eigenvalue weighted by Crippen LogP contribution is 2.48. The third kappa shape index (κ3) is 3.53. The molecule has 2 aromatic heterocycles. The van der Waals surface area contributed by atoms with Crippen molar-refractivity contribution in [1.82, 2.24) is 25.5 Å². The Morgan fingerprint density at radius 2 is 2.07 bits per heavy atom. The fourth-order valence-electron chi connectivity index (χ4n) is 3.18. The van der Waals surface area contributed by atoms with Crippen LogP contribution in [0.4, 0.5) is 0 Å². The van der Waals surface area contributed by atoms with Crippen molar-refractivity contribution < 1.29 is 9.53 Å². The number of carbonyl (C=O) groups excluding carboxylic acids is 1. The molecule has 7 nitrogen and oxygen atoms in total. The zero-order chi connectivity index (χ0) is 18.7. The molecule has 0 radical (unpaired) electrons. The maximum Gasteiger partial charge on any atom is 0.230 e. The van der Waals surface area contributed by atoms with Gasteiger partial charge in [0.2, 0.25) is 5.91 Å². The number of nitrogens with one attached hydrogen (secondary N) is 2. The van der Waals surface area contributed by atoms with Crippen LogP contribution < -0.4 is 10.1 Å². The van der Waals surface area contributed by atoms with Crippen molar-refractivity contribution in [3.8, 4) is 17.1 Å². The van der Waals surface area contributed by atoms with Gasteiger partial charge in [0.15, 0.2) is 5.82 Å². The number of carbonyl (C=O) groups is 1. The number of hydrogen-bond donors (Lipinski definition) is 2. The molecule has 0 atom stereocenters. The Labute approximate surface area is 157 Å². The van der Waals surface area contributed by atoms with Crippen LogP contribution in [0.2, 0.25) is 0 Å². The molecule has 7 heteroatoms. The van der Waals surface area contributed by atoms with Crippen LogP contribution in [-0.4, -0.2) is 39.7 Å². The maximum atomic E-state index is 12.7. The van der Waals surface area contributed by atoms with Gasteiger partial charge in [-0.25, -0.2) is 4.98 Å². The minimum atomic E-state index is -0.394. The average Bonchev–Trinajstić information content (AvgIpc) is 3.41. The molecule has 4 rings (SSSR count). The van der Waals surface area contributed by atoms with E-state index in [2.05, 4.69) is 25.5 Å². The molecule has 27 heavy (non-hydrogen) atoms. The van der Waals surface area contributed by atoms with E-state index in [1.165, 1.54) is 0 Å². The van der Waals surface area contributed by atoms with Crippen LogP contribution >= 0.6 is 0 Å². The van der Waals surface area contributed by atoms with E-state index in [4.69, 9.17) is 4.74 Å². The summed E-state index contributed by atoms with van der Waals surface area (Å²) in [5.74, 6) is 2.22. The van der Waals surface area contributed by atoms with E-state index in [1.807, 2.05) is 36.4 Å². The second kappa shape index (κ2) is 7.19. The van der Waals surface area contributed by atoms with E-state index in [0.29, 0.717) is 18.8 Å². The molecule has 138 valence electrons. The number of ether oxygens (including phenoxy) is 1. The number of pyridine rings is 1. The third-order valence-electron chi connectivity index (χ3n) is 4.93. The van der Waals surface area contributed by atoms with Gasteiger partial charge >= 0.3 is 0 Å². The highest BCUT2D eigenvalue weighted by molar-refractivity contribution is 5.91. The highest BCUT2D eigenvalue weighted by Gasteiger charge is 2.51. The Morgan fingerprint density at radius 3 is 2.74 bits per heavy atom. The van der Waals surface area contributed by atoms with Gasteiger partial charge in [0, 0.05) is 30.9 Å². The van der Waals surface area contributed by atoms with Crippen molar-refractivity contribution in [3.63, 3.8) is 0 Å². The Balaban J connectivity index is 1.34. The summed E-state index contributed by atoms with van der Waals surface area (Å²) in [6, 6.07) is 11.5. The summed E-state index contributed by atoms with van der Waals surface area (Å²) in [5.41, 5.74) is 1.51. The van der Waals surface area contributed by atoms with Crippen LogP contribution in [0.5, 0.6) is 5.75 Å². The van der Waals surface area contributed by atoms with E-state index in [0.717, 1.165) is 35.5 Å². The Kier molecular flexibility index (Phi) is 4.58. The smallest absolute Gasteiger partial charge is 0.230 e. The van der Waals surface area contributed by atoms with Crippen LogP contribution in [0.25, 0.3) is 11.4 Å². The molecule has 0 aliphatic heterocycles. The quantitative estimate of drug-likeness (QED) is 0.672. The highest BCUT2D eigenvalue weighted by atomic mass is 16.5. The molecule has 2 N–H and O–H groups in total. The molecule has 1 amide bonds. The van der Waals surface area contributed by atoms with Gasteiger partial charge < -0.3 is 10.1 Å². The van der Waals surface area contributed by atoms with Crippen molar-refractivity contribution in [1.29, 1.82) is 0 Å². The predicted octanol–water partition coefficient (Wildman–Crippen LogP) is 2.27. The standard InChI is InChI=1S/C20H21N5O2/c1-27-16-6-4-15(5-7-16)20(9-10-20)19(26)22-12-8-17-23-18(25-24-17)14-3-2-11-21-13-14/h2-7,11,13H,8-10,12H2,1H3,(H,22,26)(H,23,24,25). The van der Waals surface area contributed by atoms with Gasteiger partial charge in [-0.05, 0) is 42.7 Å². The lowest BCUT2D eigenvalue weighted by molar-refractivity contribution is -0.123. The largest absolute Gasteiger partial charge is 0.497 e. The molecule has 1 aliphatic carbocycles. The van der Waals surface area contributed by atoms with Crippen LogP contribution in [0.3, 0.4) is 0 Å².